The highest BCUT2D eigenvalue weighted by atomic mass is 16.7. The number of nitrogens with zero attached hydrogens (tertiary/aromatic N) is 1. The van der Waals surface area contributed by atoms with Gasteiger partial charge in [-0.2, -0.15) is 0 Å². The predicted octanol–water partition coefficient (Wildman–Crippen LogP) is 3.13. The van der Waals surface area contributed by atoms with Crippen molar-refractivity contribution in [1.29, 1.82) is 0 Å². The van der Waals surface area contributed by atoms with Gasteiger partial charge in [-0.3, -0.25) is 14.3 Å². The van der Waals surface area contributed by atoms with Crippen molar-refractivity contribution in [1.82, 2.24) is 9.55 Å². The number of esters is 3. The van der Waals surface area contributed by atoms with Gasteiger partial charge >= 0.3 is 23.6 Å². The minimum atomic E-state index is -1.84. The maximum absolute atomic E-state index is 13.3. The molecule has 1 N–H and O–H groups in total. The molecular weight excluding hydrogens is 544 g/mol. The van der Waals surface area contributed by atoms with Gasteiger partial charge in [0, 0.05) is 12.3 Å². The molecule has 0 amide bonds. The fourth-order valence-corrected chi connectivity index (χ4v) is 4.67. The first-order chi connectivity index (χ1) is 20.3. The van der Waals surface area contributed by atoms with Crippen LogP contribution in [0.3, 0.4) is 0 Å². The lowest BCUT2D eigenvalue weighted by atomic mass is 9.95. The molecule has 4 atom stereocenters. The van der Waals surface area contributed by atoms with E-state index >= 15 is 0 Å². The quantitative estimate of drug-likeness (QED) is 0.250. The van der Waals surface area contributed by atoms with Crippen LogP contribution in [0.1, 0.15) is 44.2 Å². The van der Waals surface area contributed by atoms with Crippen LogP contribution in [0.4, 0.5) is 0 Å². The van der Waals surface area contributed by atoms with Gasteiger partial charge in [-0.1, -0.05) is 54.6 Å². The van der Waals surface area contributed by atoms with Gasteiger partial charge in [0.1, 0.15) is 12.7 Å². The van der Waals surface area contributed by atoms with Gasteiger partial charge in [0.2, 0.25) is 0 Å². The van der Waals surface area contributed by atoms with Gasteiger partial charge in [-0.05, 0) is 43.3 Å². The number of hydrogen-bond donors (Lipinski definition) is 1. The Morgan fingerprint density at radius 2 is 1.31 bits per heavy atom. The Hall–Kier alpha value is -5.29. The highest BCUT2D eigenvalue weighted by Gasteiger charge is 2.60. The minimum absolute atomic E-state index is 0.193. The van der Waals surface area contributed by atoms with Crippen molar-refractivity contribution in [3.8, 4) is 0 Å². The van der Waals surface area contributed by atoms with Crippen molar-refractivity contribution in [3.63, 3.8) is 0 Å². The number of ether oxygens (including phenoxy) is 4. The van der Waals surface area contributed by atoms with Crippen molar-refractivity contribution in [2.24, 2.45) is 0 Å². The normalized spacial score (nSPS) is 21.3. The smallest absolute Gasteiger partial charge is 0.338 e. The Morgan fingerprint density at radius 3 is 1.86 bits per heavy atom. The van der Waals surface area contributed by atoms with Crippen molar-refractivity contribution in [2.75, 3.05) is 6.61 Å². The SMILES string of the molecule is C[C@@]1(OC(=O)c2ccccc2)[C@H](OC(=O)c2ccccc2)C(COC(=O)c2ccccc2)O[C@H]1n1ccc(=O)[nH]c1=O. The number of aromatic amines is 1. The molecule has 1 aliphatic heterocycles. The van der Waals surface area contributed by atoms with Gasteiger partial charge in [0.15, 0.2) is 17.9 Å². The molecule has 0 spiro atoms. The maximum atomic E-state index is 13.3. The zero-order valence-corrected chi connectivity index (χ0v) is 22.4. The Labute approximate surface area is 239 Å². The number of carbonyl (C=O) groups is 3. The third-order valence-electron chi connectivity index (χ3n) is 6.75. The number of benzene rings is 3. The molecule has 11 nitrogen and oxygen atoms in total. The third kappa shape index (κ3) is 5.91. The van der Waals surface area contributed by atoms with Crippen molar-refractivity contribution in [2.45, 2.75) is 31.0 Å². The number of H-pyrrole nitrogens is 1. The molecule has 214 valence electrons. The molecule has 11 heteroatoms. The van der Waals surface area contributed by atoms with Crippen LogP contribution in [0.2, 0.25) is 0 Å². The molecule has 5 rings (SSSR count). The van der Waals surface area contributed by atoms with E-state index in [1.54, 1.807) is 78.9 Å². The highest BCUT2D eigenvalue weighted by Crippen LogP contribution is 2.43. The van der Waals surface area contributed by atoms with E-state index in [1.807, 2.05) is 0 Å². The summed E-state index contributed by atoms with van der Waals surface area (Å²) in [4.78, 5) is 66.2. The van der Waals surface area contributed by atoms with E-state index in [0.717, 1.165) is 10.6 Å². The molecule has 1 aliphatic rings. The molecule has 42 heavy (non-hydrogen) atoms. The Kier molecular flexibility index (Phi) is 8.12. The molecule has 4 aromatic rings. The van der Waals surface area contributed by atoms with Gasteiger partial charge in [0.05, 0.1) is 16.7 Å². The van der Waals surface area contributed by atoms with Crippen molar-refractivity contribution >= 4 is 17.9 Å². The molecular formula is C31H26N2O9. The van der Waals surface area contributed by atoms with Crippen LogP contribution in [0.15, 0.2) is 113 Å². The first kappa shape index (κ1) is 28.2. The van der Waals surface area contributed by atoms with Crippen LogP contribution in [0, 0.1) is 0 Å². The fraction of sp³-hybridized carbons (Fsp3) is 0.194. The average molecular weight is 571 g/mol. The largest absolute Gasteiger partial charge is 0.459 e. The molecule has 1 saturated heterocycles. The Bertz CT molecular complexity index is 1690. The number of aromatic nitrogens is 2. The monoisotopic (exact) mass is 570 g/mol. The molecule has 3 aromatic carbocycles. The summed E-state index contributed by atoms with van der Waals surface area (Å²) in [5, 5.41) is 0. The van der Waals surface area contributed by atoms with Gasteiger partial charge < -0.3 is 18.9 Å². The maximum Gasteiger partial charge on any atom is 0.338 e. The van der Waals surface area contributed by atoms with Gasteiger partial charge in [-0.15, -0.1) is 0 Å². The van der Waals surface area contributed by atoms with E-state index in [0.29, 0.717) is 0 Å². The van der Waals surface area contributed by atoms with E-state index in [4.69, 9.17) is 18.9 Å². The second-order valence-corrected chi connectivity index (χ2v) is 9.64. The molecule has 1 fully saturated rings. The number of rotatable bonds is 8. The van der Waals surface area contributed by atoms with Gasteiger partial charge in [0.25, 0.3) is 5.56 Å². The topological polar surface area (TPSA) is 143 Å². The molecule has 0 aliphatic carbocycles. The molecule has 0 radical (unpaired) electrons. The molecule has 0 bridgehead atoms. The summed E-state index contributed by atoms with van der Waals surface area (Å²) in [5.41, 5.74) is -2.68. The summed E-state index contributed by atoms with van der Waals surface area (Å²) in [5.74, 6) is -2.22. The average Bonchev–Trinajstić information content (AvgIpc) is 3.27. The summed E-state index contributed by atoms with van der Waals surface area (Å²) in [6, 6.07) is 25.5. The Morgan fingerprint density at radius 1 is 0.786 bits per heavy atom. The lowest BCUT2D eigenvalue weighted by molar-refractivity contribution is -0.111. The van der Waals surface area contributed by atoms with Crippen LogP contribution < -0.4 is 11.2 Å². The van der Waals surface area contributed by atoms with Crippen LogP contribution in [-0.4, -0.2) is 51.9 Å². The first-order valence-corrected chi connectivity index (χ1v) is 13.0. The third-order valence-corrected chi connectivity index (χ3v) is 6.75. The molecule has 2 heterocycles. The second-order valence-electron chi connectivity index (χ2n) is 9.64. The zero-order chi connectivity index (χ0) is 29.7. The van der Waals surface area contributed by atoms with Crippen LogP contribution >= 0.6 is 0 Å². The van der Waals surface area contributed by atoms with E-state index < -0.39 is 59.8 Å². The highest BCUT2D eigenvalue weighted by molar-refractivity contribution is 5.91. The molecule has 1 aromatic heterocycles. The minimum Gasteiger partial charge on any atom is -0.459 e. The fourth-order valence-electron chi connectivity index (χ4n) is 4.67. The van der Waals surface area contributed by atoms with Gasteiger partial charge in [-0.25, -0.2) is 19.2 Å². The number of nitrogens with one attached hydrogen (secondary N) is 1. The summed E-state index contributed by atoms with van der Waals surface area (Å²) in [7, 11) is 0. The Balaban J connectivity index is 1.54. The van der Waals surface area contributed by atoms with Crippen LogP contribution in [0.25, 0.3) is 0 Å². The molecule has 0 saturated carbocycles. The van der Waals surface area contributed by atoms with Crippen LogP contribution in [0.5, 0.6) is 0 Å². The first-order valence-electron chi connectivity index (χ1n) is 13.0. The predicted molar refractivity (Wildman–Crippen MR) is 148 cm³/mol. The number of carbonyl (C=O) groups excluding carboxylic acids is 3. The summed E-state index contributed by atoms with van der Waals surface area (Å²) < 4.78 is 24.6. The van der Waals surface area contributed by atoms with Crippen molar-refractivity contribution < 1.29 is 33.3 Å². The van der Waals surface area contributed by atoms with E-state index in [9.17, 15) is 24.0 Å². The van der Waals surface area contributed by atoms with Crippen molar-refractivity contribution in [3.05, 3.63) is 141 Å². The standard InChI is InChI=1S/C31H26N2O9/c1-31(42-28(37)22-15-9-4-10-16-22)25(41-27(36)21-13-7-3-8-14-21)23(19-39-26(35)20-11-5-2-6-12-20)40-29(31)33-18-17-24(34)32-30(33)38/h2-18,23,25,29H,19H2,1H3,(H,32,34,38)/t23?,25-,29-,31-/m1/s1. The second kappa shape index (κ2) is 12.1. The van der Waals surface area contributed by atoms with E-state index in [2.05, 4.69) is 4.98 Å². The summed E-state index contributed by atoms with van der Waals surface area (Å²) in [6.07, 6.45) is -2.79. The van der Waals surface area contributed by atoms with E-state index in [1.165, 1.54) is 25.3 Å². The molecule has 1 unspecified atom stereocenters. The zero-order valence-electron chi connectivity index (χ0n) is 22.4. The number of hydrogen-bond acceptors (Lipinski definition) is 9. The summed E-state index contributed by atoms with van der Waals surface area (Å²) >= 11 is 0. The lowest BCUT2D eigenvalue weighted by Gasteiger charge is -2.34. The van der Waals surface area contributed by atoms with Crippen LogP contribution in [-0.2, 0) is 18.9 Å². The summed E-state index contributed by atoms with van der Waals surface area (Å²) in [6.45, 7) is 1.02. The lowest BCUT2D eigenvalue weighted by Crippen LogP contribution is -2.52. The van der Waals surface area contributed by atoms with E-state index in [-0.39, 0.29) is 16.7 Å².